The molecule has 0 bridgehead atoms. The number of pyridine rings is 1. The lowest BCUT2D eigenvalue weighted by molar-refractivity contribution is 0.586. The second-order valence-electron chi connectivity index (χ2n) is 4.44. The fourth-order valence-corrected chi connectivity index (χ4v) is 2.37. The fraction of sp³-hybridized carbons (Fsp3) is 0.385. The zero-order valence-corrected chi connectivity index (χ0v) is 9.76. The van der Waals surface area contributed by atoms with Crippen LogP contribution in [0.4, 0.5) is 0 Å². The summed E-state index contributed by atoms with van der Waals surface area (Å²) in [5.41, 5.74) is 10.6. The van der Waals surface area contributed by atoms with E-state index in [-0.39, 0.29) is 0 Å². The Morgan fingerprint density at radius 1 is 1.29 bits per heavy atom. The van der Waals surface area contributed by atoms with Crippen molar-refractivity contribution in [2.24, 2.45) is 5.73 Å². The van der Waals surface area contributed by atoms with Crippen molar-refractivity contribution in [1.29, 1.82) is 0 Å². The Morgan fingerprint density at radius 2 is 2.18 bits per heavy atom. The Kier molecular flexibility index (Phi) is 2.65. The standard InChI is InChI=1S/C13H16N4/c14-5-1-7-17-9-11-3-2-10-8-15-6-4-12(10)13(11)16-17/h4,6,8-9H,1-3,5,7,14H2. The van der Waals surface area contributed by atoms with Gasteiger partial charge in [-0.2, -0.15) is 5.10 Å². The molecule has 1 aliphatic carbocycles. The first-order valence-electron chi connectivity index (χ1n) is 6.08. The molecule has 0 radical (unpaired) electrons. The largest absolute Gasteiger partial charge is 0.330 e. The molecule has 88 valence electrons. The van der Waals surface area contributed by atoms with Crippen LogP contribution >= 0.6 is 0 Å². The van der Waals surface area contributed by atoms with Crippen molar-refractivity contribution in [2.75, 3.05) is 6.54 Å². The molecule has 2 N–H and O–H groups in total. The Balaban J connectivity index is 1.98. The van der Waals surface area contributed by atoms with Gasteiger partial charge in [0.1, 0.15) is 0 Å². The van der Waals surface area contributed by atoms with Gasteiger partial charge < -0.3 is 5.73 Å². The summed E-state index contributed by atoms with van der Waals surface area (Å²) in [6, 6.07) is 2.06. The molecule has 2 heterocycles. The smallest absolute Gasteiger partial charge is 0.0959 e. The molecule has 0 fully saturated rings. The number of aryl methyl sites for hydroxylation is 3. The van der Waals surface area contributed by atoms with Gasteiger partial charge in [0.2, 0.25) is 0 Å². The summed E-state index contributed by atoms with van der Waals surface area (Å²) >= 11 is 0. The molecular formula is C13H16N4. The third-order valence-electron chi connectivity index (χ3n) is 3.25. The van der Waals surface area contributed by atoms with E-state index in [0.29, 0.717) is 6.54 Å². The minimum absolute atomic E-state index is 0.713. The van der Waals surface area contributed by atoms with Gasteiger partial charge in [-0.05, 0) is 43.0 Å². The molecule has 1 aliphatic rings. The number of rotatable bonds is 3. The van der Waals surface area contributed by atoms with Crippen LogP contribution in [0.2, 0.25) is 0 Å². The van der Waals surface area contributed by atoms with Gasteiger partial charge in [-0.3, -0.25) is 9.67 Å². The maximum absolute atomic E-state index is 5.53. The second kappa shape index (κ2) is 4.30. The van der Waals surface area contributed by atoms with Crippen LogP contribution in [0.3, 0.4) is 0 Å². The molecule has 0 atom stereocenters. The van der Waals surface area contributed by atoms with Crippen LogP contribution in [-0.2, 0) is 19.4 Å². The summed E-state index contributed by atoms with van der Waals surface area (Å²) in [7, 11) is 0. The molecule has 0 spiro atoms. The first-order valence-corrected chi connectivity index (χ1v) is 6.08. The predicted octanol–water partition coefficient (Wildman–Crippen LogP) is 1.39. The zero-order valence-electron chi connectivity index (χ0n) is 9.76. The van der Waals surface area contributed by atoms with Crippen LogP contribution in [0, 0.1) is 0 Å². The summed E-state index contributed by atoms with van der Waals surface area (Å²) in [6.07, 6.45) is 9.07. The number of aromatic nitrogens is 3. The molecule has 0 aromatic carbocycles. The molecule has 2 aromatic rings. The summed E-state index contributed by atoms with van der Waals surface area (Å²) in [5.74, 6) is 0. The van der Waals surface area contributed by atoms with E-state index in [1.54, 1.807) is 0 Å². The van der Waals surface area contributed by atoms with E-state index >= 15 is 0 Å². The van der Waals surface area contributed by atoms with Gasteiger partial charge in [0.05, 0.1) is 5.69 Å². The predicted molar refractivity (Wildman–Crippen MR) is 66.5 cm³/mol. The number of nitrogens with two attached hydrogens (primary N) is 1. The van der Waals surface area contributed by atoms with Crippen LogP contribution in [0.5, 0.6) is 0 Å². The van der Waals surface area contributed by atoms with Crippen LogP contribution < -0.4 is 5.73 Å². The molecule has 0 unspecified atom stereocenters. The van der Waals surface area contributed by atoms with E-state index in [9.17, 15) is 0 Å². The van der Waals surface area contributed by atoms with Gasteiger partial charge in [-0.15, -0.1) is 0 Å². The maximum atomic E-state index is 5.53. The molecule has 2 aromatic heterocycles. The third kappa shape index (κ3) is 1.85. The number of hydrogen-bond acceptors (Lipinski definition) is 3. The van der Waals surface area contributed by atoms with Crippen LogP contribution in [0.15, 0.2) is 24.7 Å². The molecule has 4 heteroatoms. The van der Waals surface area contributed by atoms with E-state index in [1.807, 2.05) is 17.1 Å². The lowest BCUT2D eigenvalue weighted by Gasteiger charge is -2.13. The maximum Gasteiger partial charge on any atom is 0.0959 e. The van der Waals surface area contributed by atoms with Crippen molar-refractivity contribution in [3.05, 3.63) is 35.8 Å². The number of nitrogens with zero attached hydrogens (tertiary/aromatic N) is 3. The Hall–Kier alpha value is -1.68. The Morgan fingerprint density at radius 3 is 3.06 bits per heavy atom. The highest BCUT2D eigenvalue weighted by atomic mass is 15.3. The van der Waals surface area contributed by atoms with Gasteiger partial charge in [0.15, 0.2) is 0 Å². The lowest BCUT2D eigenvalue weighted by atomic mass is 9.92. The number of fused-ring (bicyclic) bond motifs is 3. The second-order valence-corrected chi connectivity index (χ2v) is 4.44. The summed E-state index contributed by atoms with van der Waals surface area (Å²) in [4.78, 5) is 4.18. The quantitative estimate of drug-likeness (QED) is 0.863. The van der Waals surface area contributed by atoms with Crippen LogP contribution in [0.25, 0.3) is 11.3 Å². The monoisotopic (exact) mass is 228 g/mol. The van der Waals surface area contributed by atoms with E-state index < -0.39 is 0 Å². The zero-order chi connectivity index (χ0) is 11.7. The van der Waals surface area contributed by atoms with Gasteiger partial charge in [-0.25, -0.2) is 0 Å². The first kappa shape index (κ1) is 10.5. The molecule has 17 heavy (non-hydrogen) atoms. The van der Waals surface area contributed by atoms with Gasteiger partial charge in [0.25, 0.3) is 0 Å². The van der Waals surface area contributed by atoms with Crippen molar-refractivity contribution < 1.29 is 0 Å². The fourth-order valence-electron chi connectivity index (χ4n) is 2.37. The molecule has 0 aliphatic heterocycles. The summed E-state index contributed by atoms with van der Waals surface area (Å²) in [5, 5.41) is 4.66. The molecule has 0 saturated heterocycles. The summed E-state index contributed by atoms with van der Waals surface area (Å²) < 4.78 is 2.02. The van der Waals surface area contributed by atoms with E-state index in [4.69, 9.17) is 5.73 Å². The minimum atomic E-state index is 0.713. The third-order valence-corrected chi connectivity index (χ3v) is 3.25. The average Bonchev–Trinajstić information content (AvgIpc) is 2.79. The molecule has 0 saturated carbocycles. The highest BCUT2D eigenvalue weighted by Gasteiger charge is 2.19. The van der Waals surface area contributed by atoms with Crippen molar-refractivity contribution >= 4 is 0 Å². The highest BCUT2D eigenvalue weighted by Crippen LogP contribution is 2.31. The topological polar surface area (TPSA) is 56.7 Å². The van der Waals surface area contributed by atoms with Crippen molar-refractivity contribution in [2.45, 2.75) is 25.8 Å². The lowest BCUT2D eigenvalue weighted by Crippen LogP contribution is -2.06. The number of hydrogen-bond donors (Lipinski definition) is 1. The molecule has 4 nitrogen and oxygen atoms in total. The Labute approximate surface area is 100 Å². The highest BCUT2D eigenvalue weighted by molar-refractivity contribution is 5.68. The van der Waals surface area contributed by atoms with E-state index in [0.717, 1.165) is 31.5 Å². The summed E-state index contributed by atoms with van der Waals surface area (Å²) in [6.45, 7) is 1.62. The van der Waals surface area contributed by atoms with Crippen LogP contribution in [0.1, 0.15) is 17.5 Å². The Bertz CT molecular complexity index is 530. The SMILES string of the molecule is NCCCn1cc2c(n1)-c1ccncc1CC2. The van der Waals surface area contributed by atoms with Crippen molar-refractivity contribution in [3.8, 4) is 11.3 Å². The molecular weight excluding hydrogens is 212 g/mol. The van der Waals surface area contributed by atoms with E-state index in [2.05, 4.69) is 22.3 Å². The van der Waals surface area contributed by atoms with Gasteiger partial charge in [-0.1, -0.05) is 0 Å². The minimum Gasteiger partial charge on any atom is -0.330 e. The van der Waals surface area contributed by atoms with Crippen molar-refractivity contribution in [3.63, 3.8) is 0 Å². The average molecular weight is 228 g/mol. The first-order chi connectivity index (χ1) is 8.38. The normalized spacial score (nSPS) is 13.2. The molecule has 3 rings (SSSR count). The van der Waals surface area contributed by atoms with Gasteiger partial charge >= 0.3 is 0 Å². The van der Waals surface area contributed by atoms with E-state index in [1.165, 1.54) is 16.7 Å². The van der Waals surface area contributed by atoms with Crippen molar-refractivity contribution in [1.82, 2.24) is 14.8 Å². The molecule has 0 amide bonds. The van der Waals surface area contributed by atoms with Gasteiger partial charge in [0, 0.05) is 30.7 Å². The van der Waals surface area contributed by atoms with Crippen LogP contribution in [-0.4, -0.2) is 21.3 Å².